The van der Waals surface area contributed by atoms with Crippen molar-refractivity contribution in [1.29, 1.82) is 0 Å². The summed E-state index contributed by atoms with van der Waals surface area (Å²) < 4.78 is 21.9. The van der Waals surface area contributed by atoms with Gasteiger partial charge in [0.05, 0.1) is 19.9 Å². The van der Waals surface area contributed by atoms with Gasteiger partial charge in [0.1, 0.15) is 10.8 Å². The number of aromatic nitrogens is 3. The van der Waals surface area contributed by atoms with Crippen LogP contribution in [0.1, 0.15) is 11.6 Å². The molecule has 0 fully saturated rings. The van der Waals surface area contributed by atoms with E-state index >= 15 is 0 Å². The molecule has 0 bridgehead atoms. The third kappa shape index (κ3) is 5.49. The molecule has 0 amide bonds. The van der Waals surface area contributed by atoms with Gasteiger partial charge in [0, 0.05) is 21.7 Å². The summed E-state index contributed by atoms with van der Waals surface area (Å²) in [6.07, 6.45) is 0. The summed E-state index contributed by atoms with van der Waals surface area (Å²) >= 11 is 8.86. The van der Waals surface area contributed by atoms with Crippen molar-refractivity contribution in [2.45, 2.75) is 17.6 Å². The fourth-order valence-electron chi connectivity index (χ4n) is 2.64. The van der Waals surface area contributed by atoms with E-state index in [2.05, 4.69) is 10.2 Å². The minimum Gasteiger partial charge on any atom is -0.493 e. The lowest BCUT2D eigenvalue weighted by atomic mass is 10.2. The molecule has 0 atom stereocenters. The molecule has 0 aliphatic carbocycles. The van der Waals surface area contributed by atoms with Crippen LogP contribution in [0.2, 0.25) is 5.02 Å². The Labute approximate surface area is 192 Å². The molecule has 4 aromatic rings. The number of hydrogen-bond donors (Lipinski definition) is 0. The number of halogens is 1. The van der Waals surface area contributed by atoms with Crippen LogP contribution in [0.25, 0.3) is 10.6 Å². The number of hydrogen-bond acceptors (Lipinski definition) is 9. The lowest BCUT2D eigenvalue weighted by Crippen LogP contribution is -1.95. The fraction of sp³-hybridized carbons (Fsp3) is 0.190. The number of rotatable bonds is 9. The molecule has 7 nitrogen and oxygen atoms in total. The molecule has 0 aliphatic heterocycles. The molecule has 160 valence electrons. The number of benzene rings is 2. The van der Waals surface area contributed by atoms with E-state index in [0.29, 0.717) is 39.1 Å². The second-order valence-corrected chi connectivity index (χ2v) is 8.43. The molecule has 2 heterocycles. The van der Waals surface area contributed by atoms with E-state index in [1.165, 1.54) is 11.8 Å². The fourth-order valence-corrected chi connectivity index (χ4v) is 4.36. The van der Waals surface area contributed by atoms with Gasteiger partial charge >= 0.3 is 0 Å². The smallest absolute Gasteiger partial charge is 0.277 e. The predicted octanol–water partition coefficient (Wildman–Crippen LogP) is 5.74. The Hall–Kier alpha value is -2.75. The van der Waals surface area contributed by atoms with Crippen molar-refractivity contribution in [3.05, 3.63) is 64.5 Å². The van der Waals surface area contributed by atoms with Gasteiger partial charge in [-0.15, -0.1) is 21.5 Å². The average molecular weight is 476 g/mol. The quantitative estimate of drug-likeness (QED) is 0.284. The van der Waals surface area contributed by atoms with Crippen LogP contribution in [0.15, 0.2) is 57.5 Å². The molecule has 0 saturated heterocycles. The third-order valence-corrected chi connectivity index (χ3v) is 6.19. The first-order chi connectivity index (χ1) is 15.1. The van der Waals surface area contributed by atoms with Gasteiger partial charge in [0.15, 0.2) is 18.1 Å². The highest BCUT2D eigenvalue weighted by Gasteiger charge is 2.12. The number of methoxy groups -OCH3 is 2. The lowest BCUT2D eigenvalue weighted by molar-refractivity contribution is 0.252. The molecule has 0 saturated carbocycles. The summed E-state index contributed by atoms with van der Waals surface area (Å²) in [4.78, 5) is 4.69. The second-order valence-electron chi connectivity index (χ2n) is 6.21. The van der Waals surface area contributed by atoms with E-state index in [0.717, 1.165) is 16.3 Å². The summed E-state index contributed by atoms with van der Waals surface area (Å²) in [6.45, 7) is 0.190. The summed E-state index contributed by atoms with van der Waals surface area (Å²) in [5.41, 5.74) is 1.90. The minimum absolute atomic E-state index is 0.190. The molecular weight excluding hydrogens is 458 g/mol. The van der Waals surface area contributed by atoms with Gasteiger partial charge in [-0.05, 0) is 42.5 Å². The average Bonchev–Trinajstić information content (AvgIpc) is 3.46. The van der Waals surface area contributed by atoms with Crippen LogP contribution in [0.4, 0.5) is 0 Å². The zero-order valence-corrected chi connectivity index (χ0v) is 19.1. The van der Waals surface area contributed by atoms with Crippen LogP contribution in [0, 0.1) is 0 Å². The van der Waals surface area contributed by atoms with Crippen LogP contribution in [-0.2, 0) is 12.4 Å². The Morgan fingerprint density at radius 3 is 2.61 bits per heavy atom. The van der Waals surface area contributed by atoms with Crippen LogP contribution in [0.5, 0.6) is 17.2 Å². The SMILES string of the molecule is COc1ccc(-c2nc(CSc3nnc(COc4ccc(Cl)cc4)o3)cs2)cc1OC. The summed E-state index contributed by atoms with van der Waals surface area (Å²) in [5, 5.41) is 12.1. The minimum atomic E-state index is 0.190. The first-order valence-corrected chi connectivity index (χ1v) is 11.4. The molecule has 0 radical (unpaired) electrons. The second kappa shape index (κ2) is 10.0. The summed E-state index contributed by atoms with van der Waals surface area (Å²) in [7, 11) is 3.23. The molecule has 0 aliphatic rings. The molecule has 2 aromatic carbocycles. The molecule has 0 unspecified atom stereocenters. The van der Waals surface area contributed by atoms with Gasteiger partial charge < -0.3 is 18.6 Å². The van der Waals surface area contributed by atoms with Crippen molar-refractivity contribution in [3.63, 3.8) is 0 Å². The van der Waals surface area contributed by atoms with Crippen LogP contribution < -0.4 is 14.2 Å². The van der Waals surface area contributed by atoms with Crippen LogP contribution in [-0.4, -0.2) is 29.4 Å². The zero-order chi connectivity index (χ0) is 21.6. The van der Waals surface area contributed by atoms with Gasteiger partial charge in [-0.25, -0.2) is 4.98 Å². The number of thioether (sulfide) groups is 1. The third-order valence-electron chi connectivity index (χ3n) is 4.15. The van der Waals surface area contributed by atoms with Crippen molar-refractivity contribution in [2.75, 3.05) is 14.2 Å². The molecule has 2 aromatic heterocycles. The van der Waals surface area contributed by atoms with Gasteiger partial charge in [-0.2, -0.15) is 0 Å². The molecule has 0 spiro atoms. The maximum absolute atomic E-state index is 5.87. The summed E-state index contributed by atoms with van der Waals surface area (Å²) in [6, 6.07) is 12.8. The van der Waals surface area contributed by atoms with Crippen molar-refractivity contribution < 1.29 is 18.6 Å². The molecule has 4 rings (SSSR count). The topological polar surface area (TPSA) is 79.5 Å². The molecule has 10 heteroatoms. The van der Waals surface area contributed by atoms with Gasteiger partial charge in [0.25, 0.3) is 11.1 Å². The van der Waals surface area contributed by atoms with Crippen LogP contribution >= 0.6 is 34.7 Å². The standard InChI is InChI=1S/C21H18ClN3O4S2/c1-26-17-8-3-13(9-18(17)27-2)20-23-15(11-30-20)12-31-21-25-24-19(29-21)10-28-16-6-4-14(22)5-7-16/h3-9,11H,10,12H2,1-2H3. The van der Waals surface area contributed by atoms with Crippen molar-refractivity contribution in [1.82, 2.24) is 15.2 Å². The Kier molecular flexibility index (Phi) is 6.96. The Morgan fingerprint density at radius 1 is 1.03 bits per heavy atom. The normalized spacial score (nSPS) is 10.8. The van der Waals surface area contributed by atoms with E-state index in [1.807, 2.05) is 23.6 Å². The van der Waals surface area contributed by atoms with Crippen LogP contribution in [0.3, 0.4) is 0 Å². The van der Waals surface area contributed by atoms with Gasteiger partial charge in [0.2, 0.25) is 0 Å². The first kappa shape index (κ1) is 21.5. The van der Waals surface area contributed by atoms with Gasteiger partial charge in [-0.1, -0.05) is 23.4 Å². The number of thiazole rings is 1. The lowest BCUT2D eigenvalue weighted by Gasteiger charge is -2.08. The van der Waals surface area contributed by atoms with Crippen molar-refractivity contribution >= 4 is 34.7 Å². The van der Waals surface area contributed by atoms with E-state index in [9.17, 15) is 0 Å². The number of ether oxygens (including phenoxy) is 3. The highest BCUT2D eigenvalue weighted by molar-refractivity contribution is 7.98. The molecule has 31 heavy (non-hydrogen) atoms. The Balaban J connectivity index is 1.33. The van der Waals surface area contributed by atoms with E-state index in [1.54, 1.807) is 49.8 Å². The number of nitrogens with zero attached hydrogens (tertiary/aromatic N) is 3. The van der Waals surface area contributed by atoms with Gasteiger partial charge in [-0.3, -0.25) is 0 Å². The molecule has 0 N–H and O–H groups in total. The Morgan fingerprint density at radius 2 is 1.84 bits per heavy atom. The highest BCUT2D eigenvalue weighted by atomic mass is 35.5. The van der Waals surface area contributed by atoms with Crippen molar-refractivity contribution in [3.8, 4) is 27.8 Å². The first-order valence-electron chi connectivity index (χ1n) is 9.15. The van der Waals surface area contributed by atoms with Crippen molar-refractivity contribution in [2.24, 2.45) is 0 Å². The highest BCUT2D eigenvalue weighted by Crippen LogP contribution is 2.34. The maximum atomic E-state index is 5.87. The summed E-state index contributed by atoms with van der Waals surface area (Å²) in [5.74, 6) is 3.06. The monoisotopic (exact) mass is 475 g/mol. The maximum Gasteiger partial charge on any atom is 0.277 e. The van der Waals surface area contributed by atoms with E-state index in [-0.39, 0.29) is 6.61 Å². The van der Waals surface area contributed by atoms with E-state index < -0.39 is 0 Å². The zero-order valence-electron chi connectivity index (χ0n) is 16.7. The predicted molar refractivity (Wildman–Crippen MR) is 120 cm³/mol. The molecular formula is C21H18ClN3O4S2. The Bertz CT molecular complexity index is 1150. The van der Waals surface area contributed by atoms with E-state index in [4.69, 9.17) is 35.2 Å². The largest absolute Gasteiger partial charge is 0.493 e.